The minimum atomic E-state index is -3.81. The Kier molecular flexibility index (Phi) is 6.31. The summed E-state index contributed by atoms with van der Waals surface area (Å²) in [5.41, 5.74) is 5.61. The second-order valence-corrected chi connectivity index (χ2v) is 10.6. The van der Waals surface area contributed by atoms with Gasteiger partial charge in [-0.05, 0) is 88.8 Å². The summed E-state index contributed by atoms with van der Waals surface area (Å²) < 4.78 is 33.4. The number of imidazole rings is 1. The van der Waals surface area contributed by atoms with Gasteiger partial charge in [0.05, 0.1) is 27.3 Å². The number of fused-ring (bicyclic) bond motifs is 1. The molecule has 7 nitrogen and oxygen atoms in total. The van der Waals surface area contributed by atoms with E-state index >= 15 is 0 Å². The molecule has 0 aliphatic carbocycles. The number of aromatic nitrogens is 2. The van der Waals surface area contributed by atoms with Crippen molar-refractivity contribution in [1.29, 1.82) is 0 Å². The molecule has 1 fully saturated rings. The van der Waals surface area contributed by atoms with Gasteiger partial charge in [0.15, 0.2) is 0 Å². The number of rotatable bonds is 6. The van der Waals surface area contributed by atoms with Crippen molar-refractivity contribution in [3.63, 3.8) is 0 Å². The van der Waals surface area contributed by atoms with Crippen LogP contribution in [0.4, 0.5) is 11.4 Å². The smallest absolute Gasteiger partial charge is 0.329 e. The number of hydrogen-bond donors (Lipinski definition) is 1. The van der Waals surface area contributed by atoms with Crippen molar-refractivity contribution in [2.24, 2.45) is 0 Å². The first-order valence-electron chi connectivity index (χ1n) is 11.8. The molecule has 1 aliphatic rings. The summed E-state index contributed by atoms with van der Waals surface area (Å²) >= 11 is 0. The molecule has 0 saturated carbocycles. The molecule has 33 heavy (non-hydrogen) atoms. The summed E-state index contributed by atoms with van der Waals surface area (Å²) in [6, 6.07) is 7.48. The highest BCUT2D eigenvalue weighted by molar-refractivity contribution is 7.92. The van der Waals surface area contributed by atoms with Crippen molar-refractivity contribution in [3.05, 3.63) is 51.4 Å². The largest absolute Gasteiger partial charge is 0.370 e. The van der Waals surface area contributed by atoms with Gasteiger partial charge >= 0.3 is 5.69 Å². The Hall–Kier alpha value is -2.74. The minimum Gasteiger partial charge on any atom is -0.370 e. The molecule has 0 radical (unpaired) electrons. The van der Waals surface area contributed by atoms with Crippen molar-refractivity contribution in [2.75, 3.05) is 22.7 Å². The normalized spacial score (nSPS) is 14.8. The quantitative estimate of drug-likeness (QED) is 0.573. The lowest BCUT2D eigenvalue weighted by molar-refractivity contribution is 0.578. The van der Waals surface area contributed by atoms with E-state index in [1.165, 1.54) is 6.42 Å². The fourth-order valence-electron chi connectivity index (χ4n) is 4.86. The number of benzene rings is 2. The van der Waals surface area contributed by atoms with Crippen LogP contribution in [0.5, 0.6) is 0 Å². The van der Waals surface area contributed by atoms with E-state index < -0.39 is 10.0 Å². The lowest BCUT2D eigenvalue weighted by Crippen LogP contribution is -2.30. The maximum absolute atomic E-state index is 13.5. The van der Waals surface area contributed by atoms with Gasteiger partial charge < -0.3 is 4.90 Å². The average Bonchev–Trinajstić information content (AvgIpc) is 3.05. The van der Waals surface area contributed by atoms with Crippen molar-refractivity contribution in [1.82, 2.24) is 9.13 Å². The van der Waals surface area contributed by atoms with E-state index in [4.69, 9.17) is 0 Å². The first-order valence-corrected chi connectivity index (χ1v) is 13.3. The van der Waals surface area contributed by atoms with Gasteiger partial charge in [0.1, 0.15) is 0 Å². The minimum absolute atomic E-state index is 0.0652. The number of sulfonamides is 1. The Balaban J connectivity index is 1.91. The maximum Gasteiger partial charge on any atom is 0.329 e. The van der Waals surface area contributed by atoms with E-state index in [-0.39, 0.29) is 10.6 Å². The highest BCUT2D eigenvalue weighted by atomic mass is 32.2. The highest BCUT2D eigenvalue weighted by Gasteiger charge is 2.24. The predicted molar refractivity (Wildman–Crippen MR) is 135 cm³/mol. The molecule has 8 heteroatoms. The number of nitrogens with one attached hydrogen (secondary N) is 1. The van der Waals surface area contributed by atoms with Crippen molar-refractivity contribution in [3.8, 4) is 0 Å². The zero-order valence-electron chi connectivity index (χ0n) is 20.2. The standard InChI is InChI=1S/C25H34N4O3S/c1-6-28-22-15-20(26-33(31,32)24-14-18(4)17(3)13-19(24)5)21(27-11-9-8-10-12-27)16-23(22)29(7-2)25(28)30/h13-16,26H,6-12H2,1-5H3. The molecular weight excluding hydrogens is 436 g/mol. The fourth-order valence-corrected chi connectivity index (χ4v) is 6.24. The molecule has 0 bridgehead atoms. The summed E-state index contributed by atoms with van der Waals surface area (Å²) in [5, 5.41) is 0. The molecule has 1 aliphatic heterocycles. The number of nitrogens with zero attached hydrogens (tertiary/aromatic N) is 3. The van der Waals surface area contributed by atoms with Crippen LogP contribution in [0.15, 0.2) is 34.0 Å². The molecule has 1 saturated heterocycles. The second-order valence-electron chi connectivity index (χ2n) is 8.98. The summed E-state index contributed by atoms with van der Waals surface area (Å²) in [6.45, 7) is 12.4. The summed E-state index contributed by atoms with van der Waals surface area (Å²) in [6.07, 6.45) is 3.31. The Morgan fingerprint density at radius 3 is 2.00 bits per heavy atom. The number of hydrogen-bond acceptors (Lipinski definition) is 4. The number of piperidine rings is 1. The van der Waals surface area contributed by atoms with Crippen LogP contribution in [0.25, 0.3) is 11.0 Å². The van der Waals surface area contributed by atoms with Crippen molar-refractivity contribution < 1.29 is 8.42 Å². The third kappa shape index (κ3) is 4.16. The highest BCUT2D eigenvalue weighted by Crippen LogP contribution is 2.35. The number of anilines is 2. The molecule has 4 rings (SSSR count). The Bertz CT molecular complexity index is 1360. The Morgan fingerprint density at radius 1 is 0.818 bits per heavy atom. The summed E-state index contributed by atoms with van der Waals surface area (Å²) in [7, 11) is -3.81. The molecule has 1 N–H and O–H groups in total. The molecule has 178 valence electrons. The SMILES string of the molecule is CCn1c(=O)n(CC)c2cc(N3CCCCC3)c(NS(=O)(=O)c3cc(C)c(C)cc3C)cc21. The van der Waals surface area contributed by atoms with Crippen LogP contribution in [0.1, 0.15) is 49.8 Å². The van der Waals surface area contributed by atoms with Gasteiger partial charge in [-0.1, -0.05) is 6.07 Å². The molecule has 3 aromatic rings. The molecule has 0 amide bonds. The molecule has 0 spiro atoms. The van der Waals surface area contributed by atoms with Crippen molar-refractivity contribution in [2.45, 2.75) is 71.9 Å². The van der Waals surface area contributed by atoms with Gasteiger partial charge in [0.25, 0.3) is 10.0 Å². The van der Waals surface area contributed by atoms with Gasteiger partial charge in [-0.25, -0.2) is 13.2 Å². The zero-order valence-corrected chi connectivity index (χ0v) is 21.1. The summed E-state index contributed by atoms with van der Waals surface area (Å²) in [5.74, 6) is 0. The van der Waals surface area contributed by atoms with E-state index in [1.807, 2.05) is 52.8 Å². The van der Waals surface area contributed by atoms with Gasteiger partial charge in [-0.15, -0.1) is 0 Å². The lowest BCUT2D eigenvalue weighted by atomic mass is 10.1. The number of aryl methyl sites for hydroxylation is 5. The maximum atomic E-state index is 13.5. The Morgan fingerprint density at radius 2 is 1.39 bits per heavy atom. The molecule has 2 aromatic carbocycles. The van der Waals surface area contributed by atoms with Crippen LogP contribution in [0.3, 0.4) is 0 Å². The van der Waals surface area contributed by atoms with Gasteiger partial charge in [-0.3, -0.25) is 13.9 Å². The Labute approximate surface area is 196 Å². The predicted octanol–water partition coefficient (Wildman–Crippen LogP) is 4.56. The molecule has 1 aromatic heterocycles. The molecular formula is C25H34N4O3S. The molecule has 0 atom stereocenters. The van der Waals surface area contributed by atoms with Gasteiger partial charge in [0, 0.05) is 26.2 Å². The van der Waals surface area contributed by atoms with Crippen LogP contribution < -0.4 is 15.3 Å². The van der Waals surface area contributed by atoms with Gasteiger partial charge in [0.2, 0.25) is 0 Å². The van der Waals surface area contributed by atoms with E-state index in [1.54, 1.807) is 15.2 Å². The topological polar surface area (TPSA) is 76.3 Å². The molecule has 2 heterocycles. The summed E-state index contributed by atoms with van der Waals surface area (Å²) in [4.78, 5) is 15.5. The van der Waals surface area contributed by atoms with Crippen LogP contribution in [-0.4, -0.2) is 30.6 Å². The second kappa shape index (κ2) is 8.89. The zero-order chi connectivity index (χ0) is 23.9. The van der Waals surface area contributed by atoms with E-state index in [2.05, 4.69) is 9.62 Å². The average molecular weight is 471 g/mol. The van der Waals surface area contributed by atoms with Crippen molar-refractivity contribution >= 4 is 32.4 Å². The van der Waals surface area contributed by atoms with E-state index in [9.17, 15) is 13.2 Å². The van der Waals surface area contributed by atoms with Crippen LogP contribution in [0.2, 0.25) is 0 Å². The third-order valence-corrected chi connectivity index (χ3v) is 8.30. The lowest BCUT2D eigenvalue weighted by Gasteiger charge is -2.31. The van der Waals surface area contributed by atoms with Crippen LogP contribution in [0, 0.1) is 20.8 Å². The van der Waals surface area contributed by atoms with Gasteiger partial charge in [-0.2, -0.15) is 0 Å². The van der Waals surface area contributed by atoms with E-state index in [0.717, 1.165) is 53.8 Å². The first-order chi connectivity index (χ1) is 15.7. The first kappa shape index (κ1) is 23.4. The fraction of sp³-hybridized carbons (Fsp3) is 0.480. The monoisotopic (exact) mass is 470 g/mol. The van der Waals surface area contributed by atoms with Crippen LogP contribution in [-0.2, 0) is 23.1 Å². The molecule has 0 unspecified atom stereocenters. The van der Waals surface area contributed by atoms with E-state index in [0.29, 0.717) is 24.3 Å². The van der Waals surface area contributed by atoms with Crippen LogP contribution >= 0.6 is 0 Å². The third-order valence-electron chi connectivity index (χ3n) is 6.79.